The summed E-state index contributed by atoms with van der Waals surface area (Å²) in [6.45, 7) is 0. The van der Waals surface area contributed by atoms with Crippen LogP contribution in [0, 0.1) is 0 Å². The molecule has 0 saturated heterocycles. The molecule has 17 aromatic rings. The van der Waals surface area contributed by atoms with E-state index in [-0.39, 0.29) is 5.92 Å². The number of para-hydroxylation sites is 2. The highest BCUT2D eigenvalue weighted by molar-refractivity contribution is 7.26. The van der Waals surface area contributed by atoms with E-state index >= 15 is 0 Å². The van der Waals surface area contributed by atoms with E-state index in [2.05, 4.69) is 290 Å². The summed E-state index contributed by atoms with van der Waals surface area (Å²) in [5.74, 6) is -0.114. The van der Waals surface area contributed by atoms with Crippen LogP contribution in [-0.4, -0.2) is 0 Å². The van der Waals surface area contributed by atoms with Gasteiger partial charge in [-0.2, -0.15) is 0 Å². The first kappa shape index (κ1) is 48.4. The Balaban J connectivity index is 0.743. The Hall–Kier alpha value is -10.3. The van der Waals surface area contributed by atoms with Crippen LogP contribution in [0.1, 0.15) is 22.6 Å². The molecule has 0 aliphatic carbocycles. The van der Waals surface area contributed by atoms with Gasteiger partial charge in [0.2, 0.25) is 0 Å². The van der Waals surface area contributed by atoms with Crippen molar-refractivity contribution in [2.45, 2.75) is 5.92 Å². The number of thiophene rings is 2. The summed E-state index contributed by atoms with van der Waals surface area (Å²) in [6.07, 6.45) is 0. The third-order valence-electron chi connectivity index (χ3n) is 17.0. The van der Waals surface area contributed by atoms with Gasteiger partial charge >= 0.3 is 0 Å². The summed E-state index contributed by atoms with van der Waals surface area (Å²) in [7, 11) is 0. The molecule has 394 valence electrons. The number of rotatable bonds is 10. The molecule has 0 radical (unpaired) electrons. The maximum Gasteiger partial charge on any atom is 0.135 e. The fraction of sp³-hybridized carbons (Fsp3) is 0.0127. The third kappa shape index (κ3) is 8.15. The zero-order valence-corrected chi connectivity index (χ0v) is 47.0. The Morgan fingerprint density at radius 1 is 0.262 bits per heavy atom. The van der Waals surface area contributed by atoms with Crippen LogP contribution in [0.4, 0.5) is 17.1 Å². The van der Waals surface area contributed by atoms with Gasteiger partial charge in [-0.3, -0.25) is 0 Å². The molecule has 0 saturated carbocycles. The molecule has 0 N–H and O–H groups in total. The SMILES string of the molecule is c1ccc(N(c2ccc(-c3ccc4sc5ccccc5c4c3)cc2)c2cccc(-c3ccccc3-c3cccc(-c4ccc5oc6cccc(C(c7ccc8oc9ccccc9c8c7)c7ccc8sc9ccccc9c8c7)c6c5c4)c3)c2)cc1. The zero-order valence-electron chi connectivity index (χ0n) is 45.4. The van der Waals surface area contributed by atoms with E-state index in [4.69, 9.17) is 8.83 Å². The average Bonchev–Trinajstić information content (AvgIpc) is 3.67. The monoisotopic (exact) mass is 1110 g/mol. The molecule has 1 unspecified atom stereocenters. The van der Waals surface area contributed by atoms with Gasteiger partial charge in [0.15, 0.2) is 0 Å². The van der Waals surface area contributed by atoms with E-state index in [0.717, 1.165) is 83.2 Å². The van der Waals surface area contributed by atoms with Crippen LogP contribution < -0.4 is 4.90 Å². The van der Waals surface area contributed by atoms with Crippen molar-refractivity contribution in [1.82, 2.24) is 0 Å². The van der Waals surface area contributed by atoms with E-state index in [1.807, 2.05) is 28.7 Å². The van der Waals surface area contributed by atoms with E-state index in [1.54, 1.807) is 0 Å². The number of furan rings is 2. The molecule has 84 heavy (non-hydrogen) atoms. The lowest BCUT2D eigenvalue weighted by atomic mass is 9.82. The molecule has 0 aliphatic rings. The van der Waals surface area contributed by atoms with E-state index in [1.165, 1.54) is 79.3 Å². The predicted octanol–water partition coefficient (Wildman–Crippen LogP) is 23.5. The molecule has 17 rings (SSSR count). The highest BCUT2D eigenvalue weighted by atomic mass is 32.1. The van der Waals surface area contributed by atoms with Gasteiger partial charge in [0.25, 0.3) is 0 Å². The molecule has 5 heteroatoms. The van der Waals surface area contributed by atoms with E-state index in [0.29, 0.717) is 0 Å². The quantitative estimate of drug-likeness (QED) is 0.128. The Labute approximate surface area is 492 Å². The maximum atomic E-state index is 6.81. The molecule has 0 bridgehead atoms. The summed E-state index contributed by atoms with van der Waals surface area (Å²) in [4.78, 5) is 2.36. The number of hydrogen-bond acceptors (Lipinski definition) is 5. The normalized spacial score (nSPS) is 12.2. The first-order valence-electron chi connectivity index (χ1n) is 28.6. The molecule has 3 nitrogen and oxygen atoms in total. The van der Waals surface area contributed by atoms with Crippen LogP contribution in [0.5, 0.6) is 0 Å². The van der Waals surface area contributed by atoms with Crippen molar-refractivity contribution in [3.63, 3.8) is 0 Å². The Morgan fingerprint density at radius 2 is 0.738 bits per heavy atom. The van der Waals surface area contributed by atoms with Crippen LogP contribution in [-0.2, 0) is 0 Å². The van der Waals surface area contributed by atoms with Gasteiger partial charge in [-0.15, -0.1) is 22.7 Å². The Morgan fingerprint density at radius 3 is 1.52 bits per heavy atom. The standard InChI is InChI=1S/C79H49NO2S2/c1-2-18-57(19-3-1)80(58-37-31-49(32-38-58)51-35-41-76-67(45-51)63-24-7-10-29-74(63)83-76)59-20-13-17-54(44-59)61-22-5-4-21-60(61)53-16-12-15-50(43-53)52-33-39-72-69(46-52)79-65(26-14-28-73(79)82-72)78(55-34-40-71-66(47-55)62-23-6-9-27-70(62)81-71)56-36-42-77-68(48-56)64-25-8-11-30-75(64)84-77/h1-48,78H. The highest BCUT2D eigenvalue weighted by Gasteiger charge is 2.25. The molecular weight excluding hydrogens is 1060 g/mol. The van der Waals surface area contributed by atoms with Crippen LogP contribution in [0.2, 0.25) is 0 Å². The van der Waals surface area contributed by atoms with Crippen molar-refractivity contribution in [2.24, 2.45) is 0 Å². The molecule has 4 heterocycles. The molecule has 13 aromatic carbocycles. The zero-order chi connectivity index (χ0) is 55.2. The second-order valence-electron chi connectivity index (χ2n) is 21.9. The summed E-state index contributed by atoms with van der Waals surface area (Å²) in [6, 6.07) is 106. The highest BCUT2D eigenvalue weighted by Crippen LogP contribution is 2.47. The maximum absolute atomic E-state index is 6.81. The lowest BCUT2D eigenvalue weighted by molar-refractivity contribution is 0.668. The van der Waals surface area contributed by atoms with E-state index in [9.17, 15) is 0 Å². The first-order valence-corrected chi connectivity index (χ1v) is 30.2. The second-order valence-corrected chi connectivity index (χ2v) is 24.0. The van der Waals surface area contributed by atoms with Crippen LogP contribution in [0.15, 0.2) is 300 Å². The average molecular weight is 1110 g/mol. The number of fused-ring (bicyclic) bond motifs is 12. The van der Waals surface area contributed by atoms with Gasteiger partial charge < -0.3 is 13.7 Å². The number of benzene rings is 13. The summed E-state index contributed by atoms with van der Waals surface area (Å²) in [5, 5.41) is 9.63. The second kappa shape index (κ2) is 19.7. The Bertz CT molecular complexity index is 5300. The third-order valence-corrected chi connectivity index (χ3v) is 19.3. The first-order chi connectivity index (χ1) is 41.6. The molecule has 0 fully saturated rings. The summed E-state index contributed by atoms with van der Waals surface area (Å²) >= 11 is 3.71. The van der Waals surface area contributed by atoms with Gasteiger partial charge in [-0.05, 0) is 176 Å². The number of anilines is 3. The Kier molecular flexibility index (Phi) is 11.4. The largest absolute Gasteiger partial charge is 0.456 e. The minimum atomic E-state index is -0.114. The van der Waals surface area contributed by atoms with Crippen molar-refractivity contribution in [2.75, 3.05) is 4.90 Å². The lowest BCUT2D eigenvalue weighted by Crippen LogP contribution is -2.09. The van der Waals surface area contributed by atoms with Crippen LogP contribution in [0.3, 0.4) is 0 Å². The number of nitrogens with zero attached hydrogens (tertiary/aromatic N) is 1. The molecule has 0 spiro atoms. The fourth-order valence-corrected chi connectivity index (χ4v) is 15.2. The molecule has 1 atom stereocenters. The van der Waals surface area contributed by atoms with Crippen LogP contribution in [0.25, 0.3) is 129 Å². The van der Waals surface area contributed by atoms with Crippen molar-refractivity contribution in [3.8, 4) is 44.5 Å². The smallest absolute Gasteiger partial charge is 0.135 e. The van der Waals surface area contributed by atoms with Crippen LogP contribution >= 0.6 is 22.7 Å². The molecular formula is C79H49NO2S2. The van der Waals surface area contributed by atoms with E-state index < -0.39 is 0 Å². The summed E-state index contributed by atoms with van der Waals surface area (Å²) < 4.78 is 18.4. The van der Waals surface area contributed by atoms with Gasteiger partial charge in [0.05, 0.1) is 0 Å². The lowest BCUT2D eigenvalue weighted by Gasteiger charge is -2.26. The van der Waals surface area contributed by atoms with Gasteiger partial charge in [-0.25, -0.2) is 0 Å². The van der Waals surface area contributed by atoms with Crippen molar-refractivity contribution < 1.29 is 8.83 Å². The fourth-order valence-electron chi connectivity index (χ4n) is 13.1. The van der Waals surface area contributed by atoms with Crippen molar-refractivity contribution >= 4 is 124 Å². The predicted molar refractivity (Wildman–Crippen MR) is 357 cm³/mol. The number of hydrogen-bond donors (Lipinski definition) is 0. The summed E-state index contributed by atoms with van der Waals surface area (Å²) in [5.41, 5.74) is 19.7. The molecule has 0 aliphatic heterocycles. The van der Waals surface area contributed by atoms with Crippen molar-refractivity contribution in [1.29, 1.82) is 0 Å². The van der Waals surface area contributed by atoms with Gasteiger partial charge in [0, 0.05) is 84.9 Å². The minimum Gasteiger partial charge on any atom is -0.456 e. The van der Waals surface area contributed by atoms with Gasteiger partial charge in [0.1, 0.15) is 22.3 Å². The molecule has 4 aromatic heterocycles. The molecule has 0 amide bonds. The van der Waals surface area contributed by atoms with Gasteiger partial charge in [-0.1, -0.05) is 176 Å². The minimum absolute atomic E-state index is 0.114. The topological polar surface area (TPSA) is 29.5 Å². The van der Waals surface area contributed by atoms with Crippen molar-refractivity contribution in [3.05, 3.63) is 308 Å².